The number of rotatable bonds is 6. The molecule has 0 fully saturated rings. The van der Waals surface area contributed by atoms with Crippen molar-refractivity contribution in [2.75, 3.05) is 6.61 Å². The van der Waals surface area contributed by atoms with Gasteiger partial charge < -0.3 is 9.47 Å². The predicted molar refractivity (Wildman–Crippen MR) is 106 cm³/mol. The van der Waals surface area contributed by atoms with Gasteiger partial charge in [0.05, 0.1) is 27.7 Å². The number of esters is 2. The molecule has 0 radical (unpaired) electrons. The first-order valence-corrected chi connectivity index (χ1v) is 9.01. The first-order chi connectivity index (χ1) is 13.9. The van der Waals surface area contributed by atoms with Crippen molar-refractivity contribution >= 4 is 41.2 Å². The van der Waals surface area contributed by atoms with Gasteiger partial charge in [0, 0.05) is 12.1 Å². The van der Waals surface area contributed by atoms with Crippen LogP contribution in [0.15, 0.2) is 53.2 Å². The first kappa shape index (κ1) is 20.2. The lowest BCUT2D eigenvalue weighted by Crippen LogP contribution is -2.06. The highest BCUT2D eigenvalue weighted by Crippen LogP contribution is 2.27. The van der Waals surface area contributed by atoms with Crippen molar-refractivity contribution in [2.45, 2.75) is 13.3 Å². The molecule has 0 N–H and O–H groups in total. The van der Waals surface area contributed by atoms with E-state index in [1.54, 1.807) is 24.3 Å². The summed E-state index contributed by atoms with van der Waals surface area (Å²) in [6.07, 6.45) is 2.20. The van der Waals surface area contributed by atoms with Gasteiger partial charge in [0.1, 0.15) is 0 Å². The highest BCUT2D eigenvalue weighted by Gasteiger charge is 2.27. The number of nitrogens with zero attached hydrogens (tertiary/aromatic N) is 2. The number of ether oxygens (including phenoxy) is 2. The molecule has 0 aromatic heterocycles. The zero-order valence-electron chi connectivity index (χ0n) is 15.3. The van der Waals surface area contributed by atoms with Crippen LogP contribution >= 0.6 is 11.6 Å². The molecule has 0 spiro atoms. The Kier molecular flexibility index (Phi) is 6.04. The number of cyclic esters (lactones) is 1. The molecule has 9 heteroatoms. The lowest BCUT2D eigenvalue weighted by molar-refractivity contribution is -0.384. The Morgan fingerprint density at radius 1 is 1.28 bits per heavy atom. The van der Waals surface area contributed by atoms with Gasteiger partial charge >= 0.3 is 11.9 Å². The Labute approximate surface area is 170 Å². The molecule has 2 aromatic rings. The third kappa shape index (κ3) is 4.67. The van der Waals surface area contributed by atoms with E-state index >= 15 is 0 Å². The number of hydrogen-bond acceptors (Lipinski definition) is 7. The molecule has 0 bridgehead atoms. The molecule has 0 saturated carbocycles. The first-order valence-electron chi connectivity index (χ1n) is 8.63. The van der Waals surface area contributed by atoms with Gasteiger partial charge in [-0.15, -0.1) is 0 Å². The van der Waals surface area contributed by atoms with E-state index in [4.69, 9.17) is 21.1 Å². The number of nitro groups is 1. The Morgan fingerprint density at radius 2 is 2.00 bits per heavy atom. The molecular formula is C20H15ClN2O6. The fourth-order valence-corrected chi connectivity index (χ4v) is 2.66. The second-order valence-electron chi connectivity index (χ2n) is 6.02. The standard InChI is InChI=1S/C20H15ClN2O6/c1-2-9-28-19(24)13-5-3-12(4-6-13)10-17-20(25)29-18(22-17)15-11-14(23(26)27)7-8-16(15)21/h3-8,10-11H,2,9H2,1H3/b17-10-. The second kappa shape index (κ2) is 8.66. The second-order valence-corrected chi connectivity index (χ2v) is 6.42. The minimum absolute atomic E-state index is 0.00359. The highest BCUT2D eigenvalue weighted by molar-refractivity contribution is 6.34. The lowest BCUT2D eigenvalue weighted by atomic mass is 10.1. The number of carbonyl (C=O) groups is 2. The number of carbonyl (C=O) groups excluding carboxylic acids is 2. The van der Waals surface area contributed by atoms with Crippen molar-refractivity contribution in [3.63, 3.8) is 0 Å². The lowest BCUT2D eigenvalue weighted by Gasteiger charge is -2.03. The molecule has 0 saturated heterocycles. The average molecular weight is 415 g/mol. The molecule has 0 amide bonds. The van der Waals surface area contributed by atoms with Crippen LogP contribution in [0.2, 0.25) is 5.02 Å². The van der Waals surface area contributed by atoms with Gasteiger partial charge in [0.15, 0.2) is 5.70 Å². The highest BCUT2D eigenvalue weighted by atomic mass is 35.5. The molecule has 1 heterocycles. The summed E-state index contributed by atoms with van der Waals surface area (Å²) in [4.78, 5) is 38.4. The molecule has 1 aliphatic rings. The summed E-state index contributed by atoms with van der Waals surface area (Å²) in [5.74, 6) is -1.25. The van der Waals surface area contributed by atoms with Crippen LogP contribution in [0.3, 0.4) is 0 Å². The summed E-state index contributed by atoms with van der Waals surface area (Å²) in [6, 6.07) is 10.2. The summed E-state index contributed by atoms with van der Waals surface area (Å²) < 4.78 is 10.2. The molecule has 1 aliphatic heterocycles. The van der Waals surface area contributed by atoms with Crippen molar-refractivity contribution in [1.82, 2.24) is 0 Å². The van der Waals surface area contributed by atoms with E-state index in [9.17, 15) is 19.7 Å². The van der Waals surface area contributed by atoms with Crippen LogP contribution in [0.1, 0.15) is 34.8 Å². The van der Waals surface area contributed by atoms with Crippen LogP contribution in [0.4, 0.5) is 5.69 Å². The third-order valence-electron chi connectivity index (χ3n) is 3.90. The van der Waals surface area contributed by atoms with Gasteiger partial charge in [-0.25, -0.2) is 14.6 Å². The van der Waals surface area contributed by atoms with Crippen LogP contribution in [0.25, 0.3) is 6.08 Å². The molecular weight excluding hydrogens is 400 g/mol. The van der Waals surface area contributed by atoms with E-state index in [-0.39, 0.29) is 27.9 Å². The van der Waals surface area contributed by atoms with Crippen molar-refractivity contribution in [3.05, 3.63) is 80.0 Å². The Bertz CT molecular complexity index is 1040. The van der Waals surface area contributed by atoms with E-state index in [1.807, 2.05) is 6.92 Å². The van der Waals surface area contributed by atoms with Crippen molar-refractivity contribution in [3.8, 4) is 0 Å². The zero-order valence-corrected chi connectivity index (χ0v) is 16.0. The molecule has 0 aliphatic carbocycles. The number of halogens is 1. The number of benzene rings is 2. The molecule has 0 atom stereocenters. The molecule has 2 aromatic carbocycles. The molecule has 3 rings (SSSR count). The number of hydrogen-bond donors (Lipinski definition) is 0. The maximum atomic E-state index is 12.1. The number of non-ortho nitro benzene ring substituents is 1. The molecule has 29 heavy (non-hydrogen) atoms. The summed E-state index contributed by atoms with van der Waals surface area (Å²) in [5, 5.41) is 11.1. The summed E-state index contributed by atoms with van der Waals surface area (Å²) in [7, 11) is 0. The Morgan fingerprint density at radius 3 is 2.66 bits per heavy atom. The van der Waals surface area contributed by atoms with Gasteiger partial charge in [-0.3, -0.25) is 10.1 Å². The maximum absolute atomic E-state index is 12.1. The number of nitro benzene ring substituents is 1. The summed E-state index contributed by atoms with van der Waals surface area (Å²) in [5.41, 5.74) is 0.947. The fourth-order valence-electron chi connectivity index (χ4n) is 2.47. The predicted octanol–water partition coefficient (Wildman–Crippen LogP) is 4.16. The summed E-state index contributed by atoms with van der Waals surface area (Å²) >= 11 is 6.06. The molecule has 148 valence electrons. The smallest absolute Gasteiger partial charge is 0.363 e. The molecule has 8 nitrogen and oxygen atoms in total. The van der Waals surface area contributed by atoms with Gasteiger partial charge in [-0.2, -0.15) is 0 Å². The quantitative estimate of drug-likeness (QED) is 0.304. The van der Waals surface area contributed by atoms with E-state index in [0.717, 1.165) is 6.42 Å². The number of aliphatic imine (C=N–C) groups is 1. The molecule has 0 unspecified atom stereocenters. The van der Waals surface area contributed by atoms with E-state index in [2.05, 4.69) is 4.99 Å². The van der Waals surface area contributed by atoms with E-state index in [0.29, 0.717) is 17.7 Å². The van der Waals surface area contributed by atoms with E-state index in [1.165, 1.54) is 24.3 Å². The van der Waals surface area contributed by atoms with Gasteiger partial charge in [-0.1, -0.05) is 30.7 Å². The summed E-state index contributed by atoms with van der Waals surface area (Å²) in [6.45, 7) is 2.24. The Hall–Kier alpha value is -3.52. The average Bonchev–Trinajstić information content (AvgIpc) is 3.07. The topological polar surface area (TPSA) is 108 Å². The largest absolute Gasteiger partial charge is 0.462 e. The van der Waals surface area contributed by atoms with Gasteiger partial charge in [-0.05, 0) is 36.3 Å². The third-order valence-corrected chi connectivity index (χ3v) is 4.23. The minimum atomic E-state index is -0.714. The van der Waals surface area contributed by atoms with Crippen LogP contribution in [-0.4, -0.2) is 29.4 Å². The van der Waals surface area contributed by atoms with Crippen LogP contribution in [-0.2, 0) is 14.3 Å². The van der Waals surface area contributed by atoms with Gasteiger partial charge in [0.2, 0.25) is 5.90 Å². The van der Waals surface area contributed by atoms with Crippen molar-refractivity contribution in [1.29, 1.82) is 0 Å². The normalized spacial score (nSPS) is 14.5. The van der Waals surface area contributed by atoms with E-state index < -0.39 is 16.9 Å². The Balaban J connectivity index is 1.85. The maximum Gasteiger partial charge on any atom is 0.363 e. The van der Waals surface area contributed by atoms with Gasteiger partial charge in [0.25, 0.3) is 5.69 Å². The zero-order chi connectivity index (χ0) is 21.0. The fraction of sp³-hybridized carbons (Fsp3) is 0.150. The van der Waals surface area contributed by atoms with Crippen molar-refractivity contribution < 1.29 is 24.0 Å². The van der Waals surface area contributed by atoms with Crippen LogP contribution in [0, 0.1) is 10.1 Å². The monoisotopic (exact) mass is 414 g/mol. The van der Waals surface area contributed by atoms with Crippen LogP contribution in [0.5, 0.6) is 0 Å². The minimum Gasteiger partial charge on any atom is -0.462 e. The SMILES string of the molecule is CCCOC(=O)c1ccc(/C=C2\N=C(c3cc([N+](=O)[O-])ccc3Cl)OC2=O)cc1. The van der Waals surface area contributed by atoms with Crippen molar-refractivity contribution in [2.24, 2.45) is 4.99 Å². The van der Waals surface area contributed by atoms with Crippen LogP contribution < -0.4 is 0 Å².